The van der Waals surface area contributed by atoms with E-state index in [9.17, 15) is 9.90 Å². The highest BCUT2D eigenvalue weighted by molar-refractivity contribution is 6.74. The number of rotatable bonds is 4. The topological polar surface area (TPSA) is 65.0 Å². The summed E-state index contributed by atoms with van der Waals surface area (Å²) in [7, 11) is -2.07. The van der Waals surface area contributed by atoms with Crippen LogP contribution in [0.2, 0.25) is 18.1 Å². The maximum atomic E-state index is 12.1. The minimum Gasteiger partial charge on any atom is -0.457 e. The zero-order valence-corrected chi connectivity index (χ0v) is 14.9. The van der Waals surface area contributed by atoms with Crippen molar-refractivity contribution in [3.05, 3.63) is 0 Å². The predicted octanol–water partition coefficient (Wildman–Crippen LogP) is 2.23. The minimum atomic E-state index is -2.07. The van der Waals surface area contributed by atoms with Crippen LogP contribution in [0.15, 0.2) is 0 Å². The first kappa shape index (κ1) is 16.9. The second-order valence-electron chi connectivity index (χ2n) is 7.62. The number of carbonyl (C=O) groups excluding carboxylic acids is 1. The Morgan fingerprint density at radius 3 is 2.57 bits per heavy atom. The summed E-state index contributed by atoms with van der Waals surface area (Å²) in [6.45, 7) is 12.5. The second kappa shape index (κ2) is 5.65. The van der Waals surface area contributed by atoms with Gasteiger partial charge in [0.1, 0.15) is 12.2 Å². The average Bonchev–Trinajstić information content (AvgIpc) is 2.87. The highest BCUT2D eigenvalue weighted by Crippen LogP contribution is 2.41. The minimum absolute atomic E-state index is 0.0201. The fraction of sp³-hybridized carbons (Fsp3) is 0.933. The number of esters is 1. The van der Waals surface area contributed by atoms with Crippen LogP contribution in [-0.4, -0.2) is 49.9 Å². The Morgan fingerprint density at radius 1 is 1.43 bits per heavy atom. The number of fused-ring (bicyclic) bond motifs is 1. The number of aliphatic hydroxyl groups is 1. The molecule has 2 rings (SSSR count). The molecular formula is C15H28O5Si. The van der Waals surface area contributed by atoms with E-state index < -0.39 is 20.5 Å². The lowest BCUT2D eigenvalue weighted by atomic mass is 10.1. The first-order chi connectivity index (χ1) is 9.56. The smallest absolute Gasteiger partial charge is 0.337 e. The monoisotopic (exact) mass is 316 g/mol. The lowest BCUT2D eigenvalue weighted by Gasteiger charge is -2.38. The van der Waals surface area contributed by atoms with Crippen molar-refractivity contribution < 1.29 is 23.8 Å². The van der Waals surface area contributed by atoms with Crippen molar-refractivity contribution in [1.29, 1.82) is 0 Å². The number of aliphatic hydroxyl groups excluding tert-OH is 1. The van der Waals surface area contributed by atoms with Crippen molar-refractivity contribution in [2.75, 3.05) is 0 Å². The van der Waals surface area contributed by atoms with Gasteiger partial charge in [0.25, 0.3) is 0 Å². The summed E-state index contributed by atoms with van der Waals surface area (Å²) in [5.41, 5.74) is 0. The van der Waals surface area contributed by atoms with Gasteiger partial charge >= 0.3 is 5.97 Å². The maximum absolute atomic E-state index is 12.1. The normalized spacial score (nSPS) is 34.7. The lowest BCUT2D eigenvalue weighted by molar-refractivity contribution is -0.149. The van der Waals surface area contributed by atoms with Crippen LogP contribution in [0.25, 0.3) is 0 Å². The van der Waals surface area contributed by atoms with Crippen molar-refractivity contribution in [2.24, 2.45) is 0 Å². The summed E-state index contributed by atoms with van der Waals surface area (Å²) in [5, 5.41) is 9.95. The van der Waals surface area contributed by atoms with Crippen molar-refractivity contribution in [3.63, 3.8) is 0 Å². The molecule has 1 unspecified atom stereocenters. The van der Waals surface area contributed by atoms with Crippen LogP contribution < -0.4 is 0 Å². The van der Waals surface area contributed by atoms with Gasteiger partial charge in [-0.3, -0.25) is 0 Å². The molecule has 21 heavy (non-hydrogen) atoms. The lowest BCUT2D eigenvalue weighted by Crippen LogP contribution is -2.48. The summed E-state index contributed by atoms with van der Waals surface area (Å²) in [6, 6.07) is 0. The summed E-state index contributed by atoms with van der Waals surface area (Å²) in [4.78, 5) is 12.1. The molecule has 0 aromatic carbocycles. The fourth-order valence-corrected chi connectivity index (χ4v) is 3.78. The van der Waals surface area contributed by atoms with Gasteiger partial charge in [0.15, 0.2) is 14.4 Å². The third-order valence-corrected chi connectivity index (χ3v) is 9.49. The highest BCUT2D eigenvalue weighted by atomic mass is 28.4. The Hall–Kier alpha value is -0.433. The van der Waals surface area contributed by atoms with E-state index in [1.54, 1.807) is 0 Å². The molecule has 122 valence electrons. The molecule has 0 radical (unpaired) electrons. The van der Waals surface area contributed by atoms with Crippen LogP contribution in [0.1, 0.15) is 40.5 Å². The van der Waals surface area contributed by atoms with E-state index in [2.05, 4.69) is 33.9 Å². The Labute approximate surface area is 128 Å². The Bertz CT molecular complexity index is 403. The average molecular weight is 316 g/mol. The van der Waals surface area contributed by atoms with Crippen molar-refractivity contribution in [1.82, 2.24) is 0 Å². The molecule has 0 aromatic rings. The van der Waals surface area contributed by atoms with Crippen molar-refractivity contribution in [2.45, 2.75) is 89.2 Å². The molecule has 2 heterocycles. The largest absolute Gasteiger partial charge is 0.457 e. The molecule has 0 bridgehead atoms. The van der Waals surface area contributed by atoms with E-state index in [1.807, 2.05) is 6.92 Å². The number of ether oxygens (including phenoxy) is 2. The van der Waals surface area contributed by atoms with Gasteiger partial charge in [0, 0.05) is 6.42 Å². The molecule has 2 aliphatic rings. The van der Waals surface area contributed by atoms with Gasteiger partial charge in [-0.25, -0.2) is 4.79 Å². The fourth-order valence-electron chi connectivity index (χ4n) is 2.56. The van der Waals surface area contributed by atoms with Crippen LogP contribution in [0, 0.1) is 0 Å². The standard InChI is InChI=1S/C15H28O5Si/c1-7-9(16)10-8-11-12(18-10)13(14(17)19-11)20-21(5,6)15(2,3)4/h9-13,16H,7-8H2,1-6H3/t9?,10-,11+,12-,13+/m1/s1. The number of hydrogen-bond acceptors (Lipinski definition) is 5. The molecule has 0 saturated carbocycles. The molecule has 2 aliphatic heterocycles. The number of hydrogen-bond donors (Lipinski definition) is 1. The van der Waals surface area contributed by atoms with Crippen molar-refractivity contribution >= 4 is 14.3 Å². The van der Waals surface area contributed by atoms with E-state index in [1.165, 1.54) is 0 Å². The maximum Gasteiger partial charge on any atom is 0.337 e. The summed E-state index contributed by atoms with van der Waals surface area (Å²) >= 11 is 0. The van der Waals surface area contributed by atoms with Gasteiger partial charge in [-0.15, -0.1) is 0 Å². The Morgan fingerprint density at radius 2 is 2.05 bits per heavy atom. The first-order valence-corrected chi connectivity index (χ1v) is 10.7. The van der Waals surface area contributed by atoms with E-state index in [-0.39, 0.29) is 29.3 Å². The zero-order valence-electron chi connectivity index (χ0n) is 13.9. The van der Waals surface area contributed by atoms with Crippen LogP contribution in [-0.2, 0) is 18.7 Å². The van der Waals surface area contributed by atoms with Crippen LogP contribution in [0.5, 0.6) is 0 Å². The molecule has 1 N–H and O–H groups in total. The third kappa shape index (κ3) is 3.18. The van der Waals surface area contributed by atoms with E-state index in [4.69, 9.17) is 13.9 Å². The van der Waals surface area contributed by atoms with Gasteiger partial charge < -0.3 is 19.0 Å². The Kier molecular flexibility index (Phi) is 4.55. The van der Waals surface area contributed by atoms with Gasteiger partial charge in [-0.1, -0.05) is 27.7 Å². The van der Waals surface area contributed by atoms with Crippen LogP contribution >= 0.6 is 0 Å². The molecule has 0 aromatic heterocycles. The summed E-state index contributed by atoms with van der Waals surface area (Å²) in [5.74, 6) is -0.320. The molecule has 0 aliphatic carbocycles. The van der Waals surface area contributed by atoms with E-state index >= 15 is 0 Å². The van der Waals surface area contributed by atoms with E-state index in [0.717, 1.165) is 0 Å². The van der Waals surface area contributed by atoms with E-state index in [0.29, 0.717) is 12.8 Å². The molecule has 2 fully saturated rings. The predicted molar refractivity (Wildman–Crippen MR) is 81.5 cm³/mol. The van der Waals surface area contributed by atoms with Crippen LogP contribution in [0.4, 0.5) is 0 Å². The number of carbonyl (C=O) groups is 1. The summed E-state index contributed by atoms with van der Waals surface area (Å²) < 4.78 is 17.5. The van der Waals surface area contributed by atoms with Crippen molar-refractivity contribution in [3.8, 4) is 0 Å². The second-order valence-corrected chi connectivity index (χ2v) is 12.4. The molecule has 0 amide bonds. The zero-order chi connectivity index (χ0) is 16.0. The molecule has 5 nitrogen and oxygen atoms in total. The van der Waals surface area contributed by atoms with Gasteiger partial charge in [0.2, 0.25) is 0 Å². The van der Waals surface area contributed by atoms with Gasteiger partial charge in [-0.2, -0.15) is 0 Å². The first-order valence-electron chi connectivity index (χ1n) is 7.78. The molecule has 6 heteroatoms. The van der Waals surface area contributed by atoms with Crippen LogP contribution in [0.3, 0.4) is 0 Å². The quantitative estimate of drug-likeness (QED) is 0.636. The Balaban J connectivity index is 2.09. The van der Waals surface area contributed by atoms with Gasteiger partial charge in [-0.05, 0) is 24.6 Å². The highest BCUT2D eigenvalue weighted by Gasteiger charge is 2.55. The summed E-state index contributed by atoms with van der Waals surface area (Å²) in [6.07, 6.45) is -0.887. The SMILES string of the molecule is CCC(O)[C@H]1C[C@@H]2OC(=O)[C@@H](O[Si](C)(C)C(C)(C)C)[C@@H]2O1. The molecule has 0 spiro atoms. The third-order valence-electron chi connectivity index (χ3n) is 5.04. The molecule has 5 atom stereocenters. The molecule has 2 saturated heterocycles. The molecular weight excluding hydrogens is 288 g/mol. The van der Waals surface area contributed by atoms with Gasteiger partial charge in [0.05, 0.1) is 12.2 Å².